The van der Waals surface area contributed by atoms with Crippen molar-refractivity contribution in [3.63, 3.8) is 0 Å². The lowest BCUT2D eigenvalue weighted by atomic mass is 10.2. The van der Waals surface area contributed by atoms with E-state index in [4.69, 9.17) is 10.6 Å². The van der Waals surface area contributed by atoms with Gasteiger partial charge in [-0.05, 0) is 18.6 Å². The second-order valence-electron chi connectivity index (χ2n) is 3.85. The minimum atomic E-state index is -0.246. The minimum absolute atomic E-state index is 0.246. The van der Waals surface area contributed by atoms with Crippen LogP contribution in [0, 0.1) is 0 Å². The zero-order valence-corrected chi connectivity index (χ0v) is 11.0. The Morgan fingerprint density at radius 1 is 1.41 bits per heavy atom. The smallest absolute Gasteiger partial charge is 0.275 e. The fourth-order valence-corrected chi connectivity index (χ4v) is 2.30. The van der Waals surface area contributed by atoms with Crippen molar-refractivity contribution in [2.75, 3.05) is 6.61 Å². The molecule has 1 aromatic heterocycles. The van der Waals surface area contributed by atoms with Gasteiger partial charge >= 0.3 is 0 Å². The van der Waals surface area contributed by atoms with Crippen LogP contribution >= 0.6 is 11.3 Å². The molecule has 0 unspecified atom stereocenters. The number of carbonyl (C=O) groups is 1. The number of hydrazine groups is 1. The topological polar surface area (TPSA) is 64.3 Å². The second-order valence-corrected chi connectivity index (χ2v) is 5.02. The fraction of sp³-hybridized carbons (Fsp3) is 0.583. The highest BCUT2D eigenvalue weighted by atomic mass is 32.1. The van der Waals surface area contributed by atoms with Crippen molar-refractivity contribution in [3.8, 4) is 0 Å². The third-order valence-corrected chi connectivity index (χ3v) is 3.46. The molecule has 1 amide bonds. The molecule has 0 aromatic carbocycles. The van der Waals surface area contributed by atoms with Crippen LogP contribution < -0.4 is 11.3 Å². The van der Waals surface area contributed by atoms with Crippen molar-refractivity contribution in [1.29, 1.82) is 0 Å². The molecule has 0 aliphatic rings. The molecule has 17 heavy (non-hydrogen) atoms. The highest BCUT2D eigenvalue weighted by Crippen LogP contribution is 2.17. The van der Waals surface area contributed by atoms with E-state index < -0.39 is 0 Å². The van der Waals surface area contributed by atoms with E-state index in [1.807, 2.05) is 6.07 Å². The summed E-state index contributed by atoms with van der Waals surface area (Å²) in [7, 11) is 0. The standard InChI is InChI=1S/C12H20N2O2S/c1-2-3-4-5-8-16-9-10-6-7-11(17-10)12(15)14-13/h6-7H,2-5,8-9,13H2,1H3,(H,14,15). The Morgan fingerprint density at radius 2 is 2.24 bits per heavy atom. The Balaban J connectivity index is 2.19. The summed E-state index contributed by atoms with van der Waals surface area (Å²) in [6, 6.07) is 3.67. The van der Waals surface area contributed by atoms with Crippen molar-refractivity contribution < 1.29 is 9.53 Å². The van der Waals surface area contributed by atoms with Crippen LogP contribution in [0.15, 0.2) is 12.1 Å². The number of hydrogen-bond acceptors (Lipinski definition) is 4. The van der Waals surface area contributed by atoms with Crippen LogP contribution in [0.2, 0.25) is 0 Å². The summed E-state index contributed by atoms with van der Waals surface area (Å²) in [5.74, 6) is 4.81. The maximum absolute atomic E-state index is 11.2. The Hall–Kier alpha value is -0.910. The van der Waals surface area contributed by atoms with Crippen LogP contribution in [-0.2, 0) is 11.3 Å². The third-order valence-electron chi connectivity index (χ3n) is 2.40. The molecule has 0 aliphatic heterocycles. The highest BCUT2D eigenvalue weighted by Gasteiger charge is 2.07. The summed E-state index contributed by atoms with van der Waals surface area (Å²) in [5.41, 5.74) is 2.12. The predicted octanol–water partition coefficient (Wildman–Crippen LogP) is 2.45. The first-order chi connectivity index (χ1) is 8.27. The van der Waals surface area contributed by atoms with Crippen molar-refractivity contribution in [2.24, 2.45) is 5.84 Å². The fourth-order valence-electron chi connectivity index (χ4n) is 1.45. The van der Waals surface area contributed by atoms with E-state index in [9.17, 15) is 4.79 Å². The summed E-state index contributed by atoms with van der Waals surface area (Å²) >= 11 is 1.42. The number of amides is 1. The van der Waals surface area contributed by atoms with Gasteiger partial charge in [0.25, 0.3) is 5.91 Å². The second kappa shape index (κ2) is 8.22. The quantitative estimate of drug-likeness (QED) is 0.325. The zero-order valence-electron chi connectivity index (χ0n) is 10.2. The largest absolute Gasteiger partial charge is 0.376 e. The highest BCUT2D eigenvalue weighted by molar-refractivity contribution is 7.14. The molecule has 3 N–H and O–H groups in total. The lowest BCUT2D eigenvalue weighted by Gasteiger charge is -2.01. The van der Waals surface area contributed by atoms with Gasteiger partial charge in [-0.3, -0.25) is 10.2 Å². The zero-order chi connectivity index (χ0) is 12.5. The number of ether oxygens (including phenoxy) is 1. The molecule has 0 atom stereocenters. The molecule has 5 heteroatoms. The third kappa shape index (κ3) is 5.30. The Bertz CT molecular complexity index is 339. The number of unbranched alkanes of at least 4 members (excludes halogenated alkanes) is 3. The molecule has 0 fully saturated rings. The van der Waals surface area contributed by atoms with Gasteiger partial charge in [-0.25, -0.2) is 5.84 Å². The summed E-state index contributed by atoms with van der Waals surface area (Å²) in [6.45, 7) is 3.56. The van der Waals surface area contributed by atoms with Crippen molar-refractivity contribution in [1.82, 2.24) is 5.43 Å². The maximum atomic E-state index is 11.2. The minimum Gasteiger partial charge on any atom is -0.376 e. The van der Waals surface area contributed by atoms with Crippen molar-refractivity contribution in [3.05, 3.63) is 21.9 Å². The Kier molecular flexibility index (Phi) is 6.84. The van der Waals surface area contributed by atoms with Crippen LogP contribution in [0.3, 0.4) is 0 Å². The number of nitrogens with one attached hydrogen (secondary N) is 1. The van der Waals surface area contributed by atoms with Crippen LogP contribution in [0.4, 0.5) is 0 Å². The van der Waals surface area contributed by atoms with Gasteiger partial charge < -0.3 is 4.74 Å². The number of carbonyl (C=O) groups excluding carboxylic acids is 1. The Labute approximate surface area is 106 Å². The number of nitrogens with two attached hydrogens (primary N) is 1. The van der Waals surface area contributed by atoms with E-state index >= 15 is 0 Å². The van der Waals surface area contributed by atoms with Crippen LogP contribution in [0.25, 0.3) is 0 Å². The molecule has 1 rings (SSSR count). The lowest BCUT2D eigenvalue weighted by molar-refractivity contribution is 0.0957. The summed E-state index contributed by atoms with van der Waals surface area (Å²) < 4.78 is 5.54. The number of nitrogen functional groups attached to an aromatic ring is 1. The molecule has 1 aromatic rings. The van der Waals surface area contributed by atoms with Gasteiger partial charge in [-0.2, -0.15) is 0 Å². The van der Waals surface area contributed by atoms with E-state index in [2.05, 4.69) is 12.3 Å². The molecule has 0 aliphatic carbocycles. The average molecular weight is 256 g/mol. The van der Waals surface area contributed by atoms with Gasteiger partial charge in [0.05, 0.1) is 11.5 Å². The molecule has 96 valence electrons. The molecule has 0 saturated carbocycles. The SMILES string of the molecule is CCCCCCOCc1ccc(C(=O)NN)s1. The predicted molar refractivity (Wildman–Crippen MR) is 69.8 cm³/mol. The van der Waals surface area contributed by atoms with Crippen molar-refractivity contribution in [2.45, 2.75) is 39.2 Å². The van der Waals surface area contributed by atoms with Gasteiger partial charge in [0.2, 0.25) is 0 Å². The number of rotatable bonds is 8. The maximum Gasteiger partial charge on any atom is 0.275 e. The van der Waals surface area contributed by atoms with Gasteiger partial charge in [0.1, 0.15) is 0 Å². The van der Waals surface area contributed by atoms with Gasteiger partial charge in [0.15, 0.2) is 0 Å². The lowest BCUT2D eigenvalue weighted by Crippen LogP contribution is -2.29. The molecular formula is C12H20N2O2S. The summed E-state index contributed by atoms with van der Waals surface area (Å²) in [5, 5.41) is 0. The normalized spacial score (nSPS) is 10.5. The van der Waals surface area contributed by atoms with Crippen LogP contribution in [0.5, 0.6) is 0 Å². The molecular weight excluding hydrogens is 236 g/mol. The van der Waals surface area contributed by atoms with Gasteiger partial charge in [-0.1, -0.05) is 26.2 Å². The Morgan fingerprint density at radius 3 is 2.94 bits per heavy atom. The molecule has 4 nitrogen and oxygen atoms in total. The monoisotopic (exact) mass is 256 g/mol. The van der Waals surface area contributed by atoms with E-state index in [0.29, 0.717) is 11.5 Å². The first-order valence-electron chi connectivity index (χ1n) is 5.95. The molecule has 0 radical (unpaired) electrons. The van der Waals surface area contributed by atoms with E-state index in [-0.39, 0.29) is 5.91 Å². The van der Waals surface area contributed by atoms with Crippen molar-refractivity contribution >= 4 is 17.2 Å². The summed E-state index contributed by atoms with van der Waals surface area (Å²) in [4.78, 5) is 12.9. The van der Waals surface area contributed by atoms with Crippen LogP contribution in [-0.4, -0.2) is 12.5 Å². The average Bonchev–Trinajstić information content (AvgIpc) is 2.81. The summed E-state index contributed by atoms with van der Waals surface area (Å²) in [6.07, 6.45) is 4.84. The van der Waals surface area contributed by atoms with Gasteiger partial charge in [-0.15, -0.1) is 11.3 Å². The van der Waals surface area contributed by atoms with E-state index in [1.165, 1.54) is 30.6 Å². The molecule has 0 saturated heterocycles. The first kappa shape index (κ1) is 14.2. The number of hydrogen-bond donors (Lipinski definition) is 2. The molecule has 0 spiro atoms. The van der Waals surface area contributed by atoms with Gasteiger partial charge in [0, 0.05) is 11.5 Å². The van der Waals surface area contributed by atoms with E-state index in [1.54, 1.807) is 6.07 Å². The van der Waals surface area contributed by atoms with Crippen LogP contribution in [0.1, 0.15) is 47.2 Å². The molecule has 1 heterocycles. The molecule has 0 bridgehead atoms. The van der Waals surface area contributed by atoms with E-state index in [0.717, 1.165) is 17.9 Å². The first-order valence-corrected chi connectivity index (χ1v) is 6.77. The number of thiophene rings is 1.